The molecule has 5 nitrogen and oxygen atoms in total. The van der Waals surface area contributed by atoms with Gasteiger partial charge in [-0.05, 0) is 24.3 Å². The lowest BCUT2D eigenvalue weighted by Crippen LogP contribution is -2.49. The molecule has 19 heavy (non-hydrogen) atoms. The van der Waals surface area contributed by atoms with E-state index in [1.165, 1.54) is 5.69 Å². The number of β-amino-alcohol motifs (C(OH)–C–C–N with tert-alkyl or cyclic N) is 1. The van der Waals surface area contributed by atoms with E-state index in [1.807, 2.05) is 12.1 Å². The van der Waals surface area contributed by atoms with Crippen molar-refractivity contribution in [3.05, 3.63) is 24.3 Å². The van der Waals surface area contributed by atoms with Crippen molar-refractivity contribution in [2.24, 2.45) is 0 Å². The molecule has 1 atom stereocenters. The number of nitrogens with zero attached hydrogens (tertiary/aromatic N) is 2. The molecule has 0 aromatic heterocycles. The Balaban J connectivity index is 1.85. The van der Waals surface area contributed by atoms with Crippen LogP contribution < -0.4 is 9.64 Å². The summed E-state index contributed by atoms with van der Waals surface area (Å²) in [6.45, 7) is 4.06. The monoisotopic (exact) mass is 266 g/mol. The van der Waals surface area contributed by atoms with Crippen LogP contribution >= 0.6 is 0 Å². The first-order chi connectivity index (χ1) is 9.22. The first kappa shape index (κ1) is 14.1. The molecule has 2 rings (SSSR count). The zero-order chi connectivity index (χ0) is 13.7. The molecule has 1 aromatic rings. The molecule has 1 fully saturated rings. The van der Waals surface area contributed by atoms with Crippen LogP contribution in [0.4, 0.5) is 5.69 Å². The lowest BCUT2D eigenvalue weighted by molar-refractivity contribution is 0.0575. The Morgan fingerprint density at radius 1 is 1.16 bits per heavy atom. The highest BCUT2D eigenvalue weighted by Crippen LogP contribution is 2.20. The van der Waals surface area contributed by atoms with Gasteiger partial charge in [0, 0.05) is 38.4 Å². The van der Waals surface area contributed by atoms with Gasteiger partial charge in [-0.1, -0.05) is 0 Å². The molecule has 1 aliphatic rings. The molecule has 0 unspecified atom stereocenters. The van der Waals surface area contributed by atoms with Crippen molar-refractivity contribution in [2.45, 2.75) is 6.10 Å². The predicted molar refractivity (Wildman–Crippen MR) is 74.7 cm³/mol. The molecular weight excluding hydrogens is 244 g/mol. The van der Waals surface area contributed by atoms with Gasteiger partial charge in [-0.3, -0.25) is 4.90 Å². The molecule has 0 saturated carbocycles. The van der Waals surface area contributed by atoms with Crippen LogP contribution in [0, 0.1) is 0 Å². The molecule has 0 bridgehead atoms. The third-order valence-electron chi connectivity index (χ3n) is 3.49. The van der Waals surface area contributed by atoms with E-state index in [0.29, 0.717) is 6.54 Å². The number of aliphatic hydroxyl groups is 2. The van der Waals surface area contributed by atoms with Crippen LogP contribution in [0.3, 0.4) is 0 Å². The van der Waals surface area contributed by atoms with Gasteiger partial charge in [0.05, 0.1) is 19.8 Å². The minimum absolute atomic E-state index is 0.168. The Morgan fingerprint density at radius 2 is 1.79 bits per heavy atom. The molecule has 1 aromatic carbocycles. The van der Waals surface area contributed by atoms with Crippen LogP contribution in [0.1, 0.15) is 0 Å². The number of hydrogen-bond acceptors (Lipinski definition) is 5. The quantitative estimate of drug-likeness (QED) is 0.796. The number of hydrogen-bond donors (Lipinski definition) is 2. The number of piperazine rings is 1. The molecule has 0 aliphatic carbocycles. The number of ether oxygens (including phenoxy) is 1. The first-order valence-corrected chi connectivity index (χ1v) is 6.63. The van der Waals surface area contributed by atoms with Crippen LogP contribution in [-0.2, 0) is 0 Å². The van der Waals surface area contributed by atoms with Crippen molar-refractivity contribution >= 4 is 5.69 Å². The van der Waals surface area contributed by atoms with E-state index in [2.05, 4.69) is 21.9 Å². The van der Waals surface area contributed by atoms with Gasteiger partial charge < -0.3 is 19.8 Å². The molecule has 1 saturated heterocycles. The molecule has 0 amide bonds. The van der Waals surface area contributed by atoms with Gasteiger partial charge in [-0.2, -0.15) is 0 Å². The number of aliphatic hydroxyl groups excluding tert-OH is 2. The van der Waals surface area contributed by atoms with Crippen molar-refractivity contribution < 1.29 is 14.9 Å². The van der Waals surface area contributed by atoms with Gasteiger partial charge in [0.15, 0.2) is 0 Å². The maximum atomic E-state index is 9.43. The molecule has 1 aliphatic heterocycles. The fourth-order valence-corrected chi connectivity index (χ4v) is 2.34. The highest BCUT2D eigenvalue weighted by molar-refractivity contribution is 5.49. The van der Waals surface area contributed by atoms with Crippen LogP contribution in [0.15, 0.2) is 24.3 Å². The van der Waals surface area contributed by atoms with Crippen molar-refractivity contribution in [1.82, 2.24) is 4.90 Å². The fourth-order valence-electron chi connectivity index (χ4n) is 2.34. The van der Waals surface area contributed by atoms with E-state index >= 15 is 0 Å². The predicted octanol–water partition coefficient (Wildman–Crippen LogP) is 0.170. The molecule has 0 radical (unpaired) electrons. The third-order valence-corrected chi connectivity index (χ3v) is 3.49. The summed E-state index contributed by atoms with van der Waals surface area (Å²) in [7, 11) is 1.67. The summed E-state index contributed by atoms with van der Waals surface area (Å²) in [5, 5.41) is 18.3. The Bertz CT molecular complexity index is 375. The van der Waals surface area contributed by atoms with Crippen LogP contribution in [-0.4, -0.2) is 67.7 Å². The van der Waals surface area contributed by atoms with Gasteiger partial charge >= 0.3 is 0 Å². The second-order valence-electron chi connectivity index (χ2n) is 4.82. The van der Waals surface area contributed by atoms with Gasteiger partial charge in [0.25, 0.3) is 0 Å². The summed E-state index contributed by atoms with van der Waals surface area (Å²) in [6, 6.07) is 8.07. The van der Waals surface area contributed by atoms with Gasteiger partial charge in [-0.25, -0.2) is 0 Å². The van der Waals surface area contributed by atoms with E-state index in [4.69, 9.17) is 9.84 Å². The average Bonchev–Trinajstić information content (AvgIpc) is 2.48. The van der Waals surface area contributed by atoms with E-state index in [9.17, 15) is 5.11 Å². The normalized spacial score (nSPS) is 18.4. The standard InChI is InChI=1S/C14H22N2O3/c1-19-14-4-2-12(3-5-14)16-8-6-15(7-9-16)10-13(18)11-17/h2-5,13,17-18H,6-11H2,1H3/t13-/m1/s1. The van der Waals surface area contributed by atoms with E-state index < -0.39 is 6.10 Å². The second kappa shape index (κ2) is 6.75. The molecule has 0 spiro atoms. The Morgan fingerprint density at radius 3 is 2.32 bits per heavy atom. The number of benzene rings is 1. The summed E-state index contributed by atoms with van der Waals surface area (Å²) in [5.74, 6) is 0.869. The van der Waals surface area contributed by atoms with Gasteiger partial charge in [0.2, 0.25) is 0 Å². The third kappa shape index (κ3) is 3.83. The Hall–Kier alpha value is -1.30. The highest BCUT2D eigenvalue weighted by atomic mass is 16.5. The molecule has 106 valence electrons. The Kier molecular flexibility index (Phi) is 5.01. The molecule has 2 N–H and O–H groups in total. The SMILES string of the molecule is COc1ccc(N2CCN(C[C@@H](O)CO)CC2)cc1. The maximum absolute atomic E-state index is 9.43. The minimum atomic E-state index is -0.632. The zero-order valence-electron chi connectivity index (χ0n) is 11.3. The fraction of sp³-hybridized carbons (Fsp3) is 0.571. The van der Waals surface area contributed by atoms with Gasteiger partial charge in [0.1, 0.15) is 5.75 Å². The first-order valence-electron chi connectivity index (χ1n) is 6.63. The summed E-state index contributed by atoms with van der Waals surface area (Å²) >= 11 is 0. The molecular formula is C14H22N2O3. The topological polar surface area (TPSA) is 56.2 Å². The minimum Gasteiger partial charge on any atom is -0.497 e. The molecule has 1 heterocycles. The van der Waals surface area contributed by atoms with Crippen LogP contribution in [0.25, 0.3) is 0 Å². The summed E-state index contributed by atoms with van der Waals surface area (Å²) in [6.07, 6.45) is -0.632. The van der Waals surface area contributed by atoms with Crippen molar-refractivity contribution in [3.8, 4) is 5.75 Å². The average molecular weight is 266 g/mol. The Labute approximate surface area is 114 Å². The second-order valence-corrected chi connectivity index (χ2v) is 4.82. The van der Waals surface area contributed by atoms with Crippen LogP contribution in [0.5, 0.6) is 5.75 Å². The van der Waals surface area contributed by atoms with E-state index in [0.717, 1.165) is 31.9 Å². The van der Waals surface area contributed by atoms with Crippen LogP contribution in [0.2, 0.25) is 0 Å². The largest absolute Gasteiger partial charge is 0.497 e. The smallest absolute Gasteiger partial charge is 0.119 e. The number of anilines is 1. The lowest BCUT2D eigenvalue weighted by atomic mass is 10.2. The van der Waals surface area contributed by atoms with Gasteiger partial charge in [-0.15, -0.1) is 0 Å². The lowest BCUT2D eigenvalue weighted by Gasteiger charge is -2.36. The number of rotatable bonds is 5. The van der Waals surface area contributed by atoms with Crippen molar-refractivity contribution in [1.29, 1.82) is 0 Å². The summed E-state index contributed by atoms with van der Waals surface area (Å²) < 4.78 is 5.15. The molecule has 5 heteroatoms. The van der Waals surface area contributed by atoms with E-state index in [1.54, 1.807) is 7.11 Å². The summed E-state index contributed by atoms with van der Waals surface area (Å²) in [4.78, 5) is 4.50. The summed E-state index contributed by atoms with van der Waals surface area (Å²) in [5.41, 5.74) is 1.20. The zero-order valence-corrected chi connectivity index (χ0v) is 11.3. The van der Waals surface area contributed by atoms with Crippen molar-refractivity contribution in [2.75, 3.05) is 51.3 Å². The highest BCUT2D eigenvalue weighted by Gasteiger charge is 2.19. The van der Waals surface area contributed by atoms with E-state index in [-0.39, 0.29) is 6.61 Å². The van der Waals surface area contributed by atoms with Crippen molar-refractivity contribution in [3.63, 3.8) is 0 Å². The maximum Gasteiger partial charge on any atom is 0.119 e. The number of methoxy groups -OCH3 is 1.